The quantitative estimate of drug-likeness (QED) is 0.686. The minimum absolute atomic E-state index is 0.361. The molecule has 0 atom stereocenters. The predicted molar refractivity (Wildman–Crippen MR) is 47.3 cm³/mol. The second kappa shape index (κ2) is 3.06. The van der Waals surface area contributed by atoms with Crippen LogP contribution in [0.25, 0.3) is 0 Å². The van der Waals surface area contributed by atoms with Crippen molar-refractivity contribution in [1.82, 2.24) is 4.98 Å². The van der Waals surface area contributed by atoms with Crippen molar-refractivity contribution in [2.45, 2.75) is 25.9 Å². The third kappa shape index (κ3) is 1.78. The number of ether oxygens (including phenoxy) is 1. The Morgan fingerprint density at radius 2 is 2.31 bits per heavy atom. The first-order valence-corrected chi connectivity index (χ1v) is 4.34. The molecule has 1 heterocycles. The fourth-order valence-corrected chi connectivity index (χ4v) is 1.08. The molecule has 2 rings (SSSR count). The van der Waals surface area contributed by atoms with Crippen molar-refractivity contribution < 1.29 is 4.74 Å². The monoisotopic (exact) mass is 174 g/mol. The van der Waals surface area contributed by atoms with Crippen molar-refractivity contribution in [2.24, 2.45) is 0 Å². The fraction of sp³-hybridized carbons (Fsp3) is 0.400. The summed E-state index contributed by atoms with van der Waals surface area (Å²) in [5, 5.41) is 8.67. The standard InChI is InChI=1S/C10H10N2O/c1-7-8(6-11)2-5-10(12-7)13-9-3-4-9/h2,5,9H,3-4H2,1H3. The van der Waals surface area contributed by atoms with E-state index in [0.29, 0.717) is 17.5 Å². The number of nitriles is 1. The van der Waals surface area contributed by atoms with Gasteiger partial charge in [-0.3, -0.25) is 0 Å². The smallest absolute Gasteiger partial charge is 0.213 e. The Hall–Kier alpha value is -1.56. The van der Waals surface area contributed by atoms with Crippen LogP contribution in [0.15, 0.2) is 12.1 Å². The lowest BCUT2D eigenvalue weighted by Gasteiger charge is -2.03. The van der Waals surface area contributed by atoms with Gasteiger partial charge in [-0.05, 0) is 25.8 Å². The minimum atomic E-state index is 0.361. The predicted octanol–water partition coefficient (Wildman–Crippen LogP) is 1.80. The molecule has 1 aromatic rings. The SMILES string of the molecule is Cc1nc(OC2CC2)ccc1C#N. The number of hydrogen-bond donors (Lipinski definition) is 0. The fourth-order valence-electron chi connectivity index (χ4n) is 1.08. The Balaban J connectivity index is 2.19. The first-order chi connectivity index (χ1) is 6.29. The second-order valence-electron chi connectivity index (χ2n) is 3.21. The summed E-state index contributed by atoms with van der Waals surface area (Å²) in [6.45, 7) is 1.82. The zero-order chi connectivity index (χ0) is 9.26. The maximum Gasteiger partial charge on any atom is 0.213 e. The van der Waals surface area contributed by atoms with Gasteiger partial charge in [0.25, 0.3) is 0 Å². The van der Waals surface area contributed by atoms with E-state index in [-0.39, 0.29) is 0 Å². The van der Waals surface area contributed by atoms with E-state index in [1.54, 1.807) is 12.1 Å². The van der Waals surface area contributed by atoms with E-state index in [1.807, 2.05) is 6.92 Å². The highest BCUT2D eigenvalue weighted by Gasteiger charge is 2.24. The van der Waals surface area contributed by atoms with Crippen LogP contribution in [-0.2, 0) is 0 Å². The van der Waals surface area contributed by atoms with Gasteiger partial charge in [0, 0.05) is 6.07 Å². The lowest BCUT2D eigenvalue weighted by atomic mass is 10.2. The summed E-state index contributed by atoms with van der Waals surface area (Å²) in [6.07, 6.45) is 2.61. The van der Waals surface area contributed by atoms with Gasteiger partial charge in [-0.1, -0.05) is 0 Å². The summed E-state index contributed by atoms with van der Waals surface area (Å²) < 4.78 is 5.49. The van der Waals surface area contributed by atoms with Gasteiger partial charge in [0.15, 0.2) is 0 Å². The molecule has 0 amide bonds. The Labute approximate surface area is 77.0 Å². The van der Waals surface area contributed by atoms with E-state index in [0.717, 1.165) is 18.5 Å². The van der Waals surface area contributed by atoms with Gasteiger partial charge in [-0.15, -0.1) is 0 Å². The van der Waals surface area contributed by atoms with Crippen molar-refractivity contribution in [2.75, 3.05) is 0 Å². The summed E-state index contributed by atoms with van der Waals surface area (Å²) in [5.74, 6) is 0.638. The summed E-state index contributed by atoms with van der Waals surface area (Å²) in [5.41, 5.74) is 1.35. The Morgan fingerprint density at radius 3 is 2.85 bits per heavy atom. The van der Waals surface area contributed by atoms with Crippen molar-refractivity contribution in [3.8, 4) is 11.9 Å². The molecule has 0 spiro atoms. The average Bonchev–Trinajstić information content (AvgIpc) is 2.89. The van der Waals surface area contributed by atoms with Gasteiger partial charge in [-0.2, -0.15) is 5.26 Å². The summed E-state index contributed by atoms with van der Waals surface area (Å²) >= 11 is 0. The molecule has 0 bridgehead atoms. The molecule has 0 N–H and O–H groups in total. The lowest BCUT2D eigenvalue weighted by molar-refractivity contribution is 0.290. The van der Waals surface area contributed by atoms with E-state index in [4.69, 9.17) is 10.00 Å². The van der Waals surface area contributed by atoms with E-state index in [2.05, 4.69) is 11.1 Å². The van der Waals surface area contributed by atoms with Crippen LogP contribution in [-0.4, -0.2) is 11.1 Å². The Morgan fingerprint density at radius 1 is 1.54 bits per heavy atom. The molecule has 0 aromatic carbocycles. The van der Waals surface area contributed by atoms with Crippen LogP contribution in [0.1, 0.15) is 24.1 Å². The topological polar surface area (TPSA) is 45.9 Å². The first kappa shape index (κ1) is 8.06. The number of rotatable bonds is 2. The molecule has 0 saturated heterocycles. The molecular weight excluding hydrogens is 164 g/mol. The lowest BCUT2D eigenvalue weighted by Crippen LogP contribution is -1.99. The zero-order valence-electron chi connectivity index (χ0n) is 7.45. The molecule has 0 unspecified atom stereocenters. The van der Waals surface area contributed by atoms with Crippen molar-refractivity contribution >= 4 is 0 Å². The molecule has 1 aliphatic rings. The van der Waals surface area contributed by atoms with Crippen LogP contribution in [0.3, 0.4) is 0 Å². The largest absolute Gasteiger partial charge is 0.474 e. The first-order valence-electron chi connectivity index (χ1n) is 4.34. The van der Waals surface area contributed by atoms with Crippen LogP contribution in [0.4, 0.5) is 0 Å². The summed E-state index contributed by atoms with van der Waals surface area (Å²) in [7, 11) is 0. The van der Waals surface area contributed by atoms with Gasteiger partial charge in [0.1, 0.15) is 12.2 Å². The van der Waals surface area contributed by atoms with Crippen molar-refractivity contribution in [3.63, 3.8) is 0 Å². The van der Waals surface area contributed by atoms with Gasteiger partial charge in [-0.25, -0.2) is 4.98 Å². The molecule has 66 valence electrons. The Kier molecular flexibility index (Phi) is 1.90. The molecule has 3 nitrogen and oxygen atoms in total. The number of aryl methyl sites for hydroxylation is 1. The van der Waals surface area contributed by atoms with Crippen molar-refractivity contribution in [3.05, 3.63) is 23.4 Å². The average molecular weight is 174 g/mol. The zero-order valence-corrected chi connectivity index (χ0v) is 7.45. The van der Waals surface area contributed by atoms with Crippen LogP contribution < -0.4 is 4.74 Å². The molecule has 1 fully saturated rings. The number of aromatic nitrogens is 1. The van der Waals surface area contributed by atoms with E-state index < -0.39 is 0 Å². The van der Waals surface area contributed by atoms with E-state index in [9.17, 15) is 0 Å². The second-order valence-corrected chi connectivity index (χ2v) is 3.21. The van der Waals surface area contributed by atoms with Crippen LogP contribution >= 0.6 is 0 Å². The van der Waals surface area contributed by atoms with Crippen LogP contribution in [0, 0.1) is 18.3 Å². The molecule has 0 aliphatic heterocycles. The number of nitrogens with zero attached hydrogens (tertiary/aromatic N) is 2. The molecular formula is C10H10N2O. The number of pyridine rings is 1. The summed E-state index contributed by atoms with van der Waals surface area (Å²) in [6, 6.07) is 5.58. The van der Waals surface area contributed by atoms with E-state index >= 15 is 0 Å². The third-order valence-corrected chi connectivity index (χ3v) is 1.99. The van der Waals surface area contributed by atoms with Gasteiger partial charge in [0.2, 0.25) is 5.88 Å². The van der Waals surface area contributed by atoms with Crippen LogP contribution in [0.2, 0.25) is 0 Å². The van der Waals surface area contributed by atoms with E-state index in [1.165, 1.54) is 0 Å². The van der Waals surface area contributed by atoms with Gasteiger partial charge >= 0.3 is 0 Å². The molecule has 1 aromatic heterocycles. The minimum Gasteiger partial charge on any atom is -0.474 e. The third-order valence-electron chi connectivity index (χ3n) is 1.99. The van der Waals surface area contributed by atoms with Gasteiger partial charge < -0.3 is 4.74 Å². The maximum atomic E-state index is 8.67. The Bertz CT molecular complexity index is 364. The summed E-state index contributed by atoms with van der Waals surface area (Å²) in [4.78, 5) is 4.18. The van der Waals surface area contributed by atoms with Crippen molar-refractivity contribution in [1.29, 1.82) is 5.26 Å². The van der Waals surface area contributed by atoms with Crippen LogP contribution in [0.5, 0.6) is 5.88 Å². The van der Waals surface area contributed by atoms with Gasteiger partial charge in [0.05, 0.1) is 11.3 Å². The normalized spacial score (nSPS) is 15.1. The highest BCUT2D eigenvalue weighted by atomic mass is 16.5. The number of hydrogen-bond acceptors (Lipinski definition) is 3. The highest BCUT2D eigenvalue weighted by molar-refractivity contribution is 5.34. The molecule has 1 saturated carbocycles. The molecule has 1 aliphatic carbocycles. The molecule has 0 radical (unpaired) electrons. The maximum absolute atomic E-state index is 8.67. The molecule has 3 heteroatoms. The molecule has 13 heavy (non-hydrogen) atoms. The highest BCUT2D eigenvalue weighted by Crippen LogP contribution is 2.25.